The lowest BCUT2D eigenvalue weighted by atomic mass is 10.0. The van der Waals surface area contributed by atoms with Gasteiger partial charge in [0, 0.05) is 37.8 Å². The van der Waals surface area contributed by atoms with E-state index in [1.807, 2.05) is 13.8 Å². The van der Waals surface area contributed by atoms with Crippen molar-refractivity contribution >= 4 is 41.8 Å². The van der Waals surface area contributed by atoms with Crippen molar-refractivity contribution in [3.05, 3.63) is 38.2 Å². The molecule has 2 aromatic heterocycles. The van der Waals surface area contributed by atoms with Crippen LogP contribution in [0.3, 0.4) is 0 Å². The lowest BCUT2D eigenvalue weighted by Gasteiger charge is -2.27. The monoisotopic (exact) mass is 417 g/mol. The number of aromatic amines is 1. The highest BCUT2D eigenvalue weighted by atomic mass is 35.5. The summed E-state index contributed by atoms with van der Waals surface area (Å²) in [7, 11) is 0. The van der Waals surface area contributed by atoms with Crippen molar-refractivity contribution in [3.63, 3.8) is 0 Å². The van der Waals surface area contributed by atoms with E-state index in [1.54, 1.807) is 13.0 Å². The molecule has 0 saturated carbocycles. The summed E-state index contributed by atoms with van der Waals surface area (Å²) in [5.41, 5.74) is 0.112. The van der Waals surface area contributed by atoms with Gasteiger partial charge in [0.1, 0.15) is 0 Å². The van der Waals surface area contributed by atoms with Crippen molar-refractivity contribution in [1.82, 2.24) is 25.2 Å². The molecule has 27 heavy (non-hydrogen) atoms. The van der Waals surface area contributed by atoms with Crippen LogP contribution >= 0.6 is 24.8 Å². The van der Waals surface area contributed by atoms with Crippen LogP contribution in [0.5, 0.6) is 0 Å². The Kier molecular flexibility index (Phi) is 8.01. The Hall–Kier alpha value is -1.90. The molecule has 150 valence electrons. The second-order valence-corrected chi connectivity index (χ2v) is 6.69. The Labute approximate surface area is 169 Å². The number of H-pyrrole nitrogens is 1. The van der Waals surface area contributed by atoms with Crippen molar-refractivity contribution in [2.24, 2.45) is 5.92 Å². The van der Waals surface area contributed by atoms with Gasteiger partial charge in [0.15, 0.2) is 5.65 Å². The van der Waals surface area contributed by atoms with Crippen LogP contribution in [-0.2, 0) is 6.54 Å². The molecule has 2 aromatic rings. The molecule has 0 aromatic carbocycles. The summed E-state index contributed by atoms with van der Waals surface area (Å²) in [4.78, 5) is 43.9. The van der Waals surface area contributed by atoms with E-state index in [4.69, 9.17) is 0 Å². The minimum atomic E-state index is -0.581. The standard InChI is InChI=1S/C17H23N5O3.2ClH/c1-4-22-14-13(16(24)21-17(22)25)11(5-12(20-14)9(2)3)15(23)19-8-10-6-18-7-10;;/h5,9-10,18H,4,6-8H2,1-3H3,(H,19,23)(H,21,24,25);2*1H. The minimum absolute atomic E-state index is 0. The first-order valence-electron chi connectivity index (χ1n) is 8.59. The van der Waals surface area contributed by atoms with Crippen molar-refractivity contribution < 1.29 is 4.79 Å². The van der Waals surface area contributed by atoms with Gasteiger partial charge in [0.2, 0.25) is 0 Å². The normalized spacial score (nSPS) is 13.6. The number of pyridine rings is 1. The van der Waals surface area contributed by atoms with Crippen LogP contribution in [0.15, 0.2) is 15.7 Å². The number of amides is 1. The van der Waals surface area contributed by atoms with Crippen LogP contribution in [0.4, 0.5) is 0 Å². The van der Waals surface area contributed by atoms with E-state index in [0.29, 0.717) is 24.7 Å². The number of fused-ring (bicyclic) bond motifs is 1. The van der Waals surface area contributed by atoms with Crippen molar-refractivity contribution in [3.8, 4) is 0 Å². The topological polar surface area (TPSA) is 109 Å². The number of hydrogen-bond acceptors (Lipinski definition) is 5. The molecular formula is C17H25Cl2N5O3. The number of hydrogen-bond donors (Lipinski definition) is 3. The highest BCUT2D eigenvalue weighted by Crippen LogP contribution is 2.19. The summed E-state index contributed by atoms with van der Waals surface area (Å²) in [5, 5.41) is 6.21. The zero-order valence-corrected chi connectivity index (χ0v) is 17.1. The number of nitrogens with zero attached hydrogens (tertiary/aromatic N) is 2. The van der Waals surface area contributed by atoms with E-state index in [0.717, 1.165) is 13.1 Å². The number of nitrogens with one attached hydrogen (secondary N) is 3. The van der Waals surface area contributed by atoms with E-state index < -0.39 is 11.2 Å². The molecule has 0 radical (unpaired) electrons. The predicted molar refractivity (Wildman–Crippen MR) is 110 cm³/mol. The maximum atomic E-state index is 12.7. The number of carbonyl (C=O) groups excluding carboxylic acids is 1. The Morgan fingerprint density at radius 1 is 1.33 bits per heavy atom. The van der Waals surface area contributed by atoms with Crippen molar-refractivity contribution in [2.75, 3.05) is 19.6 Å². The highest BCUT2D eigenvalue weighted by Gasteiger charge is 2.22. The quantitative estimate of drug-likeness (QED) is 0.672. The third-order valence-corrected chi connectivity index (χ3v) is 4.54. The summed E-state index contributed by atoms with van der Waals surface area (Å²) >= 11 is 0. The largest absolute Gasteiger partial charge is 0.352 e. The van der Waals surface area contributed by atoms with E-state index >= 15 is 0 Å². The van der Waals surface area contributed by atoms with Crippen molar-refractivity contribution in [1.29, 1.82) is 0 Å². The summed E-state index contributed by atoms with van der Waals surface area (Å²) in [6, 6.07) is 1.65. The average Bonchev–Trinajstić information content (AvgIpc) is 2.52. The van der Waals surface area contributed by atoms with Gasteiger partial charge >= 0.3 is 5.69 Å². The van der Waals surface area contributed by atoms with Gasteiger partial charge in [0.05, 0.1) is 10.9 Å². The van der Waals surface area contributed by atoms with E-state index in [-0.39, 0.29) is 53.2 Å². The average molecular weight is 418 g/mol. The third kappa shape index (κ3) is 4.51. The number of aromatic nitrogens is 3. The fourth-order valence-electron chi connectivity index (χ4n) is 2.89. The van der Waals surface area contributed by atoms with Crippen LogP contribution in [0.1, 0.15) is 42.7 Å². The summed E-state index contributed by atoms with van der Waals surface area (Å²) in [6.07, 6.45) is 0. The molecule has 1 fully saturated rings. The maximum Gasteiger partial charge on any atom is 0.329 e. The zero-order valence-electron chi connectivity index (χ0n) is 15.5. The summed E-state index contributed by atoms with van der Waals surface area (Å²) in [6.45, 7) is 8.38. The SMILES string of the molecule is CCn1c(=O)[nH]c(=O)c2c(C(=O)NCC3CNC3)cc(C(C)C)nc21.Cl.Cl. The second kappa shape index (κ2) is 9.34. The van der Waals surface area contributed by atoms with Crippen LogP contribution < -0.4 is 21.9 Å². The van der Waals surface area contributed by atoms with E-state index in [1.165, 1.54) is 4.57 Å². The van der Waals surface area contributed by atoms with Gasteiger partial charge in [0.25, 0.3) is 11.5 Å². The van der Waals surface area contributed by atoms with Crippen LogP contribution in [0.2, 0.25) is 0 Å². The van der Waals surface area contributed by atoms with Gasteiger partial charge in [-0.1, -0.05) is 13.8 Å². The van der Waals surface area contributed by atoms with Gasteiger partial charge in [-0.15, -0.1) is 24.8 Å². The lowest BCUT2D eigenvalue weighted by molar-refractivity contribution is 0.0943. The number of rotatable bonds is 5. The molecule has 0 atom stereocenters. The Bertz CT molecular complexity index is 935. The Balaban J connectivity index is 0.00000182. The van der Waals surface area contributed by atoms with Gasteiger partial charge in [-0.2, -0.15) is 0 Å². The number of aryl methyl sites for hydroxylation is 1. The molecule has 1 aliphatic heterocycles. The lowest BCUT2D eigenvalue weighted by Crippen LogP contribution is -2.48. The highest BCUT2D eigenvalue weighted by molar-refractivity contribution is 6.05. The van der Waals surface area contributed by atoms with Gasteiger partial charge in [-0.3, -0.25) is 19.1 Å². The van der Waals surface area contributed by atoms with E-state index in [2.05, 4.69) is 20.6 Å². The second-order valence-electron chi connectivity index (χ2n) is 6.69. The van der Waals surface area contributed by atoms with Crippen LogP contribution in [0.25, 0.3) is 11.0 Å². The smallest absolute Gasteiger partial charge is 0.329 e. The van der Waals surface area contributed by atoms with E-state index in [9.17, 15) is 14.4 Å². The molecule has 3 N–H and O–H groups in total. The molecule has 3 rings (SSSR count). The molecule has 10 heteroatoms. The molecular weight excluding hydrogens is 393 g/mol. The first-order chi connectivity index (χ1) is 11.9. The molecule has 0 bridgehead atoms. The molecule has 0 spiro atoms. The first kappa shape index (κ1) is 23.1. The van der Waals surface area contributed by atoms with Crippen LogP contribution in [-0.4, -0.2) is 40.1 Å². The van der Waals surface area contributed by atoms with Crippen molar-refractivity contribution in [2.45, 2.75) is 33.2 Å². The predicted octanol–water partition coefficient (Wildman–Crippen LogP) is 1.02. The fraction of sp³-hybridized carbons (Fsp3) is 0.529. The summed E-state index contributed by atoms with van der Waals surface area (Å²) in [5.74, 6) is 0.160. The molecule has 3 heterocycles. The van der Waals surface area contributed by atoms with Gasteiger partial charge < -0.3 is 10.6 Å². The van der Waals surface area contributed by atoms with Crippen LogP contribution in [0, 0.1) is 5.92 Å². The zero-order chi connectivity index (χ0) is 18.1. The minimum Gasteiger partial charge on any atom is -0.352 e. The molecule has 8 nitrogen and oxygen atoms in total. The summed E-state index contributed by atoms with van der Waals surface area (Å²) < 4.78 is 1.38. The molecule has 0 unspecified atom stereocenters. The molecule has 1 amide bonds. The first-order valence-corrected chi connectivity index (χ1v) is 8.59. The third-order valence-electron chi connectivity index (χ3n) is 4.54. The van der Waals surface area contributed by atoms with Gasteiger partial charge in [-0.25, -0.2) is 9.78 Å². The number of halogens is 2. The number of carbonyl (C=O) groups is 1. The molecule has 1 aliphatic rings. The fourth-order valence-corrected chi connectivity index (χ4v) is 2.89. The molecule has 0 aliphatic carbocycles. The Morgan fingerprint density at radius 3 is 2.52 bits per heavy atom. The van der Waals surface area contributed by atoms with Gasteiger partial charge in [-0.05, 0) is 18.9 Å². The maximum absolute atomic E-state index is 12.7. The Morgan fingerprint density at radius 2 is 2.00 bits per heavy atom. The molecule has 1 saturated heterocycles.